The van der Waals surface area contributed by atoms with Crippen LogP contribution in [0.3, 0.4) is 0 Å². The summed E-state index contributed by atoms with van der Waals surface area (Å²) < 4.78 is 43.6. The van der Waals surface area contributed by atoms with Gasteiger partial charge in [0.15, 0.2) is 17.3 Å². The van der Waals surface area contributed by atoms with E-state index in [1.165, 1.54) is 19.1 Å². The second kappa shape index (κ2) is 8.85. The van der Waals surface area contributed by atoms with Crippen LogP contribution in [-0.4, -0.2) is 26.3 Å². The molecular formula is C22H21N3O6S. The molecule has 1 amide bonds. The average Bonchev–Trinajstić information content (AvgIpc) is 3.37. The Bertz CT molecular complexity index is 1280. The lowest BCUT2D eigenvalue weighted by atomic mass is 10.2. The first-order valence-corrected chi connectivity index (χ1v) is 11.2. The average molecular weight is 455 g/mol. The predicted octanol–water partition coefficient (Wildman–Crippen LogP) is 3.32. The Hall–Kier alpha value is -3.63. The van der Waals surface area contributed by atoms with Crippen molar-refractivity contribution in [1.82, 2.24) is 9.88 Å². The smallest absolute Gasteiger partial charge is 0.240 e. The zero-order valence-corrected chi connectivity index (χ0v) is 18.2. The Labute approximate surface area is 185 Å². The number of aromatic nitrogens is 1. The molecule has 0 unspecified atom stereocenters. The lowest BCUT2D eigenvalue weighted by molar-refractivity contribution is -0.114. The van der Waals surface area contributed by atoms with Crippen molar-refractivity contribution in [2.45, 2.75) is 25.3 Å². The summed E-state index contributed by atoms with van der Waals surface area (Å²) in [5.41, 5.74) is 2.58. The number of ether oxygens (including phenoxy) is 2. The number of hydrogen-bond donors (Lipinski definition) is 2. The highest BCUT2D eigenvalue weighted by molar-refractivity contribution is 7.89. The number of carbonyl (C=O) groups is 1. The fraction of sp³-hybridized carbons (Fsp3) is 0.182. The number of sulfonamides is 1. The summed E-state index contributed by atoms with van der Waals surface area (Å²) in [6.45, 7) is 3.41. The van der Waals surface area contributed by atoms with Crippen molar-refractivity contribution >= 4 is 33.8 Å². The molecule has 0 spiro atoms. The number of nitrogens with one attached hydrogen (secondary N) is 2. The van der Waals surface area contributed by atoms with Crippen LogP contribution in [0.5, 0.6) is 11.5 Å². The van der Waals surface area contributed by atoms with Gasteiger partial charge in [-0.15, -0.1) is 0 Å². The van der Waals surface area contributed by atoms with Gasteiger partial charge in [0, 0.05) is 13.5 Å². The first-order chi connectivity index (χ1) is 15.3. The molecule has 10 heteroatoms. The number of anilines is 1. The molecule has 32 heavy (non-hydrogen) atoms. The molecule has 9 nitrogen and oxygen atoms in total. The normalized spacial score (nSPS) is 12.9. The van der Waals surface area contributed by atoms with Gasteiger partial charge in [0.2, 0.25) is 22.7 Å². The standard InChI is InChI=1S/C22H21N3O6S/c1-14-22(24-15(2)26)20(31-25-14)10-5-16-3-7-18(8-4-16)32(27,28)23-12-17-6-9-19-21(11-17)30-13-29-19/h3-11,23H,12-13H2,1-2H3,(H,24,26). The van der Waals surface area contributed by atoms with E-state index < -0.39 is 10.0 Å². The number of rotatable bonds is 7. The Balaban J connectivity index is 1.42. The lowest BCUT2D eigenvalue weighted by Gasteiger charge is -2.08. The van der Waals surface area contributed by atoms with Gasteiger partial charge in [-0.05, 0) is 48.4 Å². The Morgan fingerprint density at radius 3 is 2.59 bits per heavy atom. The van der Waals surface area contributed by atoms with Crippen LogP contribution >= 0.6 is 0 Å². The molecule has 2 N–H and O–H groups in total. The Morgan fingerprint density at radius 1 is 1.09 bits per heavy atom. The summed E-state index contributed by atoms with van der Waals surface area (Å²) in [7, 11) is -3.70. The van der Waals surface area contributed by atoms with E-state index in [1.807, 2.05) is 0 Å². The van der Waals surface area contributed by atoms with Gasteiger partial charge in [-0.3, -0.25) is 4.79 Å². The van der Waals surface area contributed by atoms with Crippen LogP contribution in [0.25, 0.3) is 12.2 Å². The van der Waals surface area contributed by atoms with Crippen LogP contribution in [0.15, 0.2) is 51.9 Å². The fourth-order valence-corrected chi connectivity index (χ4v) is 4.09. The van der Waals surface area contributed by atoms with Crippen molar-refractivity contribution in [3.8, 4) is 11.5 Å². The van der Waals surface area contributed by atoms with E-state index >= 15 is 0 Å². The lowest BCUT2D eigenvalue weighted by Crippen LogP contribution is -2.23. The summed E-state index contributed by atoms with van der Waals surface area (Å²) in [5.74, 6) is 1.42. The molecule has 3 aromatic rings. The number of nitrogens with zero attached hydrogens (tertiary/aromatic N) is 1. The summed E-state index contributed by atoms with van der Waals surface area (Å²) in [4.78, 5) is 11.5. The van der Waals surface area contributed by atoms with Crippen LogP contribution in [-0.2, 0) is 21.4 Å². The summed E-state index contributed by atoms with van der Waals surface area (Å²) in [5, 5.41) is 6.53. The maximum atomic E-state index is 12.6. The zero-order chi connectivity index (χ0) is 22.7. The molecule has 4 rings (SSSR count). The number of amides is 1. The molecular weight excluding hydrogens is 434 g/mol. The molecule has 2 heterocycles. The molecule has 1 aliphatic rings. The van der Waals surface area contributed by atoms with Crippen molar-refractivity contribution in [2.24, 2.45) is 0 Å². The van der Waals surface area contributed by atoms with Crippen LogP contribution < -0.4 is 19.5 Å². The molecule has 0 atom stereocenters. The van der Waals surface area contributed by atoms with E-state index in [-0.39, 0.29) is 24.1 Å². The van der Waals surface area contributed by atoms with Gasteiger partial charge in [0.25, 0.3) is 0 Å². The Kier molecular flexibility index (Phi) is 5.97. The van der Waals surface area contributed by atoms with Gasteiger partial charge in [-0.2, -0.15) is 0 Å². The van der Waals surface area contributed by atoms with Gasteiger partial charge in [0.1, 0.15) is 11.4 Å². The monoisotopic (exact) mass is 455 g/mol. The number of hydrogen-bond acceptors (Lipinski definition) is 7. The minimum atomic E-state index is -3.70. The first kappa shape index (κ1) is 21.6. The molecule has 0 radical (unpaired) electrons. The summed E-state index contributed by atoms with van der Waals surface area (Å²) in [6.07, 6.45) is 3.40. The maximum Gasteiger partial charge on any atom is 0.240 e. The Morgan fingerprint density at radius 2 is 1.84 bits per heavy atom. The maximum absolute atomic E-state index is 12.6. The van der Waals surface area contributed by atoms with E-state index in [0.29, 0.717) is 28.6 Å². The molecule has 2 aromatic carbocycles. The minimum absolute atomic E-state index is 0.122. The van der Waals surface area contributed by atoms with E-state index in [0.717, 1.165) is 11.1 Å². The SMILES string of the molecule is CC(=O)Nc1c(C)noc1C=Cc1ccc(S(=O)(=O)NCc2ccc3c(c2)OCO3)cc1. The van der Waals surface area contributed by atoms with Crippen LogP contribution in [0, 0.1) is 6.92 Å². The van der Waals surface area contributed by atoms with E-state index in [9.17, 15) is 13.2 Å². The second-order valence-electron chi connectivity index (χ2n) is 7.10. The molecule has 0 aliphatic carbocycles. The minimum Gasteiger partial charge on any atom is -0.454 e. The van der Waals surface area contributed by atoms with Crippen molar-refractivity contribution in [3.63, 3.8) is 0 Å². The van der Waals surface area contributed by atoms with Gasteiger partial charge in [-0.25, -0.2) is 13.1 Å². The first-order valence-electron chi connectivity index (χ1n) is 9.72. The number of benzene rings is 2. The fourth-order valence-electron chi connectivity index (χ4n) is 3.07. The van der Waals surface area contributed by atoms with Crippen LogP contribution in [0.2, 0.25) is 0 Å². The second-order valence-corrected chi connectivity index (χ2v) is 8.87. The number of aryl methyl sites for hydroxylation is 1. The third-order valence-corrected chi connectivity index (χ3v) is 6.13. The summed E-state index contributed by atoms with van der Waals surface area (Å²) in [6, 6.07) is 11.7. The molecule has 166 valence electrons. The van der Waals surface area contributed by atoms with Gasteiger partial charge < -0.3 is 19.3 Å². The molecule has 0 saturated heterocycles. The quantitative estimate of drug-likeness (QED) is 0.561. The van der Waals surface area contributed by atoms with Gasteiger partial charge in [-0.1, -0.05) is 29.4 Å². The highest BCUT2D eigenvalue weighted by Gasteiger charge is 2.17. The largest absolute Gasteiger partial charge is 0.454 e. The zero-order valence-electron chi connectivity index (χ0n) is 17.4. The van der Waals surface area contributed by atoms with Crippen molar-refractivity contribution < 1.29 is 27.2 Å². The number of fused-ring (bicyclic) bond motifs is 1. The van der Waals surface area contributed by atoms with E-state index in [1.54, 1.807) is 49.4 Å². The molecule has 1 aliphatic heterocycles. The molecule has 1 aromatic heterocycles. The van der Waals surface area contributed by atoms with Crippen molar-refractivity contribution in [1.29, 1.82) is 0 Å². The summed E-state index contributed by atoms with van der Waals surface area (Å²) >= 11 is 0. The van der Waals surface area contributed by atoms with Gasteiger partial charge in [0.05, 0.1) is 4.90 Å². The van der Waals surface area contributed by atoms with Crippen molar-refractivity contribution in [2.75, 3.05) is 12.1 Å². The third kappa shape index (κ3) is 4.82. The van der Waals surface area contributed by atoms with Gasteiger partial charge >= 0.3 is 0 Å². The molecule has 0 bridgehead atoms. The van der Waals surface area contributed by atoms with Crippen molar-refractivity contribution in [3.05, 3.63) is 65.0 Å². The van der Waals surface area contributed by atoms with Crippen LogP contribution in [0.4, 0.5) is 5.69 Å². The third-order valence-electron chi connectivity index (χ3n) is 4.71. The highest BCUT2D eigenvalue weighted by Crippen LogP contribution is 2.32. The van der Waals surface area contributed by atoms with E-state index in [2.05, 4.69) is 15.2 Å². The number of carbonyl (C=O) groups excluding carboxylic acids is 1. The molecule has 0 saturated carbocycles. The molecule has 0 fully saturated rings. The van der Waals surface area contributed by atoms with E-state index in [4.69, 9.17) is 14.0 Å². The predicted molar refractivity (Wildman–Crippen MR) is 118 cm³/mol. The topological polar surface area (TPSA) is 120 Å². The highest BCUT2D eigenvalue weighted by atomic mass is 32.2. The van der Waals surface area contributed by atoms with Crippen LogP contribution in [0.1, 0.15) is 29.5 Å².